The predicted molar refractivity (Wildman–Crippen MR) is 126 cm³/mol. The SMILES string of the molecule is C[C@H]1Oc2ccccc2N(CCC(=O)O[C@H](C)C(=O)N(c2nccs2)C2CCCCC2)C1=O. The Morgan fingerprint density at radius 1 is 1.27 bits per heavy atom. The average molecular weight is 472 g/mol. The second kappa shape index (κ2) is 10.3. The van der Waals surface area contributed by atoms with Gasteiger partial charge in [-0.1, -0.05) is 31.4 Å². The van der Waals surface area contributed by atoms with Crippen LogP contribution in [0, 0.1) is 0 Å². The first kappa shape index (κ1) is 23.2. The number of anilines is 2. The lowest BCUT2D eigenvalue weighted by molar-refractivity contribution is -0.154. The Morgan fingerprint density at radius 3 is 2.76 bits per heavy atom. The molecule has 1 aliphatic carbocycles. The van der Waals surface area contributed by atoms with Crippen LogP contribution >= 0.6 is 11.3 Å². The molecule has 0 bridgehead atoms. The number of amides is 2. The van der Waals surface area contributed by atoms with Gasteiger partial charge < -0.3 is 14.4 Å². The first-order valence-electron chi connectivity index (χ1n) is 11.4. The zero-order valence-electron chi connectivity index (χ0n) is 18.9. The summed E-state index contributed by atoms with van der Waals surface area (Å²) in [7, 11) is 0. The van der Waals surface area contributed by atoms with Crippen molar-refractivity contribution in [3.63, 3.8) is 0 Å². The third-order valence-electron chi connectivity index (χ3n) is 6.07. The number of hydrogen-bond donors (Lipinski definition) is 0. The van der Waals surface area contributed by atoms with E-state index in [1.54, 1.807) is 42.0 Å². The van der Waals surface area contributed by atoms with Crippen LogP contribution in [0.3, 0.4) is 0 Å². The topological polar surface area (TPSA) is 89.0 Å². The van der Waals surface area contributed by atoms with Crippen LogP contribution in [-0.4, -0.2) is 47.6 Å². The lowest BCUT2D eigenvalue weighted by Crippen LogP contribution is -2.47. The van der Waals surface area contributed by atoms with Crippen molar-refractivity contribution in [2.75, 3.05) is 16.3 Å². The molecule has 4 rings (SSSR count). The van der Waals surface area contributed by atoms with Crippen LogP contribution in [0.2, 0.25) is 0 Å². The first-order chi connectivity index (χ1) is 16.0. The first-order valence-corrected chi connectivity index (χ1v) is 12.3. The number of carbonyl (C=O) groups excluding carboxylic acids is 3. The molecule has 0 saturated heterocycles. The third kappa shape index (κ3) is 5.19. The number of hydrogen-bond acceptors (Lipinski definition) is 7. The number of carbonyl (C=O) groups is 3. The summed E-state index contributed by atoms with van der Waals surface area (Å²) in [5, 5.41) is 2.48. The normalized spacial score (nSPS) is 19.4. The molecule has 0 N–H and O–H groups in total. The van der Waals surface area contributed by atoms with Crippen LogP contribution in [-0.2, 0) is 19.1 Å². The molecule has 1 aromatic carbocycles. The van der Waals surface area contributed by atoms with Gasteiger partial charge in [0.15, 0.2) is 17.3 Å². The standard InChI is InChI=1S/C24H29N3O5S/c1-16-22(29)26(19-10-6-7-11-20(19)31-16)14-12-21(28)32-17(2)23(30)27(24-25-13-15-33-24)18-8-4-3-5-9-18/h6-7,10-11,13,15-18H,3-5,8-9,12,14H2,1-2H3/t16-,17-/m1/s1. The third-order valence-corrected chi connectivity index (χ3v) is 6.84. The molecule has 8 nitrogen and oxygen atoms in total. The van der Waals surface area contributed by atoms with Gasteiger partial charge in [-0.15, -0.1) is 11.3 Å². The van der Waals surface area contributed by atoms with Crippen LogP contribution in [0.4, 0.5) is 10.8 Å². The zero-order chi connectivity index (χ0) is 23.4. The van der Waals surface area contributed by atoms with E-state index in [4.69, 9.17) is 9.47 Å². The Kier molecular flexibility index (Phi) is 7.27. The van der Waals surface area contributed by atoms with Gasteiger partial charge in [0.25, 0.3) is 11.8 Å². The molecule has 1 saturated carbocycles. The lowest BCUT2D eigenvalue weighted by atomic mass is 9.94. The number of ether oxygens (including phenoxy) is 2. The molecule has 1 aromatic heterocycles. The maximum atomic E-state index is 13.3. The van der Waals surface area contributed by atoms with Gasteiger partial charge in [0, 0.05) is 24.2 Å². The fraction of sp³-hybridized carbons (Fsp3) is 0.500. The smallest absolute Gasteiger partial charge is 0.308 e. The van der Waals surface area contributed by atoms with Gasteiger partial charge in [-0.25, -0.2) is 4.98 Å². The van der Waals surface area contributed by atoms with Crippen molar-refractivity contribution < 1.29 is 23.9 Å². The highest BCUT2D eigenvalue weighted by atomic mass is 32.1. The molecular formula is C24H29N3O5S. The Labute approximate surface area is 197 Å². The summed E-state index contributed by atoms with van der Waals surface area (Å²) in [5.41, 5.74) is 0.629. The molecule has 0 radical (unpaired) electrons. The largest absolute Gasteiger partial charge is 0.479 e. The van der Waals surface area contributed by atoms with Gasteiger partial charge in [-0.3, -0.25) is 19.3 Å². The zero-order valence-corrected chi connectivity index (χ0v) is 19.8. The maximum absolute atomic E-state index is 13.3. The molecule has 2 atom stereocenters. The van der Waals surface area contributed by atoms with E-state index < -0.39 is 18.2 Å². The number of esters is 1. The van der Waals surface area contributed by atoms with Gasteiger partial charge in [0.1, 0.15) is 5.75 Å². The number of aromatic nitrogens is 1. The molecule has 33 heavy (non-hydrogen) atoms. The molecule has 2 aromatic rings. The van der Waals surface area contributed by atoms with E-state index in [1.807, 2.05) is 17.5 Å². The van der Waals surface area contributed by atoms with E-state index in [0.29, 0.717) is 16.6 Å². The Bertz CT molecular complexity index is 990. The van der Waals surface area contributed by atoms with Crippen molar-refractivity contribution in [2.24, 2.45) is 0 Å². The van der Waals surface area contributed by atoms with E-state index in [1.165, 1.54) is 17.8 Å². The second-order valence-corrected chi connectivity index (χ2v) is 9.29. The number of thiazole rings is 1. The fourth-order valence-corrected chi connectivity index (χ4v) is 5.12. The Hall–Kier alpha value is -2.94. The number of nitrogens with zero attached hydrogens (tertiary/aromatic N) is 3. The molecule has 176 valence electrons. The summed E-state index contributed by atoms with van der Waals surface area (Å²) in [6.45, 7) is 3.44. The summed E-state index contributed by atoms with van der Waals surface area (Å²) < 4.78 is 11.1. The molecule has 2 aliphatic rings. The van der Waals surface area contributed by atoms with Crippen LogP contribution in [0.5, 0.6) is 5.75 Å². The number of para-hydroxylation sites is 2. The van der Waals surface area contributed by atoms with Gasteiger partial charge in [-0.05, 0) is 38.8 Å². The minimum Gasteiger partial charge on any atom is -0.479 e. The summed E-state index contributed by atoms with van der Waals surface area (Å²) in [5.74, 6) is -0.388. The van der Waals surface area contributed by atoms with Crippen LogP contribution in [0.1, 0.15) is 52.4 Å². The maximum Gasteiger partial charge on any atom is 0.308 e. The average Bonchev–Trinajstić information content (AvgIpc) is 3.34. The second-order valence-electron chi connectivity index (χ2n) is 8.41. The van der Waals surface area contributed by atoms with Crippen molar-refractivity contribution in [1.82, 2.24) is 4.98 Å². The van der Waals surface area contributed by atoms with Crippen molar-refractivity contribution in [1.29, 1.82) is 0 Å². The molecule has 1 fully saturated rings. The summed E-state index contributed by atoms with van der Waals surface area (Å²) in [6.07, 6.45) is 5.24. The lowest BCUT2D eigenvalue weighted by Gasteiger charge is -2.34. The molecule has 2 heterocycles. The highest BCUT2D eigenvalue weighted by Gasteiger charge is 2.34. The van der Waals surface area contributed by atoms with Gasteiger partial charge in [0.05, 0.1) is 12.1 Å². The van der Waals surface area contributed by atoms with Crippen molar-refractivity contribution in [3.8, 4) is 5.75 Å². The monoisotopic (exact) mass is 471 g/mol. The number of rotatable bonds is 7. The van der Waals surface area contributed by atoms with Crippen LogP contribution < -0.4 is 14.5 Å². The summed E-state index contributed by atoms with van der Waals surface area (Å²) in [4.78, 5) is 46.1. The number of benzene rings is 1. The van der Waals surface area contributed by atoms with Crippen molar-refractivity contribution in [3.05, 3.63) is 35.8 Å². The quantitative estimate of drug-likeness (QED) is 0.568. The van der Waals surface area contributed by atoms with E-state index in [0.717, 1.165) is 25.7 Å². The molecule has 1 aliphatic heterocycles. The predicted octanol–water partition coefficient (Wildman–Crippen LogP) is 3.94. The highest BCUT2D eigenvalue weighted by molar-refractivity contribution is 7.13. The summed E-state index contributed by atoms with van der Waals surface area (Å²) >= 11 is 1.41. The molecule has 0 unspecified atom stereocenters. The molecular weight excluding hydrogens is 442 g/mol. The van der Waals surface area contributed by atoms with Crippen LogP contribution in [0.15, 0.2) is 35.8 Å². The van der Waals surface area contributed by atoms with E-state index in [2.05, 4.69) is 4.98 Å². The summed E-state index contributed by atoms with van der Waals surface area (Å²) in [6, 6.07) is 7.30. The van der Waals surface area contributed by atoms with E-state index in [9.17, 15) is 14.4 Å². The minimum absolute atomic E-state index is 0.0227. The molecule has 9 heteroatoms. The fourth-order valence-electron chi connectivity index (χ4n) is 4.40. The highest BCUT2D eigenvalue weighted by Crippen LogP contribution is 2.34. The van der Waals surface area contributed by atoms with Gasteiger partial charge in [-0.2, -0.15) is 0 Å². The van der Waals surface area contributed by atoms with Crippen LogP contribution in [0.25, 0.3) is 0 Å². The van der Waals surface area contributed by atoms with Gasteiger partial charge >= 0.3 is 5.97 Å². The van der Waals surface area contributed by atoms with E-state index >= 15 is 0 Å². The van der Waals surface area contributed by atoms with Gasteiger partial charge in [0.2, 0.25) is 0 Å². The number of fused-ring (bicyclic) bond motifs is 1. The van der Waals surface area contributed by atoms with E-state index in [-0.39, 0.29) is 30.8 Å². The molecule has 0 spiro atoms. The Morgan fingerprint density at radius 2 is 2.03 bits per heavy atom. The minimum atomic E-state index is -0.935. The van der Waals surface area contributed by atoms with Crippen molar-refractivity contribution in [2.45, 2.75) is 70.6 Å². The molecule has 2 amide bonds. The Balaban J connectivity index is 1.39. The van der Waals surface area contributed by atoms with Crippen molar-refractivity contribution >= 4 is 39.9 Å².